The van der Waals surface area contributed by atoms with Crippen LogP contribution in [0.15, 0.2) is 0 Å². The number of alkyl halides is 1. The van der Waals surface area contributed by atoms with Gasteiger partial charge in [-0.25, -0.2) is 0 Å². The molecular weight excluding hydrogens is 229 g/mol. The Hall–Kier alpha value is -0.0900. The van der Waals surface area contributed by atoms with Crippen LogP contribution in [0, 0.1) is 0 Å². The van der Waals surface area contributed by atoms with Crippen LogP contribution in [-0.4, -0.2) is 42.4 Å². The number of carboxylic acids is 1. The minimum atomic E-state index is -2.73. The van der Waals surface area contributed by atoms with Gasteiger partial charge in [0.25, 0.3) is 0 Å². The summed E-state index contributed by atoms with van der Waals surface area (Å²) in [6.45, 7) is 1.66. The Morgan fingerprint density at radius 1 is 1.71 bits per heavy atom. The number of carbonyl (C=O) groups is 1. The van der Waals surface area contributed by atoms with Crippen LogP contribution >= 0.6 is 19.0 Å². The molecular formula is C7H15ClNO4P. The predicted molar refractivity (Wildman–Crippen MR) is 55.3 cm³/mol. The molecule has 0 bridgehead atoms. The van der Waals surface area contributed by atoms with Gasteiger partial charge in [-0.2, -0.15) is 0 Å². The van der Waals surface area contributed by atoms with Crippen molar-refractivity contribution in [3.8, 4) is 0 Å². The van der Waals surface area contributed by atoms with Gasteiger partial charge in [0, 0.05) is 18.7 Å². The van der Waals surface area contributed by atoms with Crippen LogP contribution < -0.4 is 5.73 Å². The maximum absolute atomic E-state index is 11.6. The molecule has 0 radical (unpaired) electrons. The van der Waals surface area contributed by atoms with Crippen molar-refractivity contribution in [2.75, 3.05) is 25.3 Å². The second-order valence-corrected chi connectivity index (χ2v) is 6.10. The molecule has 0 aromatic carbocycles. The summed E-state index contributed by atoms with van der Waals surface area (Å²) >= 11 is 5.36. The lowest BCUT2D eigenvalue weighted by atomic mass is 10.2. The zero-order valence-electron chi connectivity index (χ0n) is 7.98. The maximum Gasteiger partial charge on any atom is 0.320 e. The Morgan fingerprint density at radius 3 is 2.71 bits per heavy atom. The average Bonchev–Trinajstić information content (AvgIpc) is 2.11. The average molecular weight is 244 g/mol. The number of aliphatic carboxylic acids is 1. The Morgan fingerprint density at radius 2 is 2.29 bits per heavy atom. The van der Waals surface area contributed by atoms with E-state index in [4.69, 9.17) is 27.0 Å². The Balaban J connectivity index is 3.86. The minimum absolute atomic E-state index is 0.144. The molecule has 0 rings (SSSR count). The first-order valence-electron chi connectivity index (χ1n) is 4.14. The summed E-state index contributed by atoms with van der Waals surface area (Å²) in [4.78, 5) is 10.4. The van der Waals surface area contributed by atoms with E-state index in [2.05, 4.69) is 0 Å². The fourth-order valence-corrected chi connectivity index (χ4v) is 2.33. The largest absolute Gasteiger partial charge is 0.480 e. The van der Waals surface area contributed by atoms with E-state index >= 15 is 0 Å². The van der Waals surface area contributed by atoms with Gasteiger partial charge < -0.3 is 15.4 Å². The highest BCUT2D eigenvalue weighted by atomic mass is 35.5. The fraction of sp³-hybridized carbons (Fsp3) is 0.857. The predicted octanol–water partition coefficient (Wildman–Crippen LogP) is 0.952. The molecule has 0 aromatic heterocycles. The van der Waals surface area contributed by atoms with Crippen molar-refractivity contribution in [3.05, 3.63) is 0 Å². The highest BCUT2D eigenvalue weighted by Crippen LogP contribution is 2.43. The normalized spacial score (nSPS) is 17.4. The molecule has 0 aliphatic rings. The summed E-state index contributed by atoms with van der Waals surface area (Å²) in [5, 5.41) is 8.48. The van der Waals surface area contributed by atoms with Gasteiger partial charge >= 0.3 is 5.97 Å². The van der Waals surface area contributed by atoms with Crippen molar-refractivity contribution >= 4 is 24.9 Å². The third kappa shape index (κ3) is 6.38. The number of hydrogen-bond donors (Lipinski definition) is 2. The number of rotatable bonds is 7. The number of hydrogen-bond acceptors (Lipinski definition) is 4. The molecule has 0 spiro atoms. The van der Waals surface area contributed by atoms with Gasteiger partial charge in [0.05, 0.1) is 6.61 Å². The van der Waals surface area contributed by atoms with E-state index in [1.807, 2.05) is 0 Å². The van der Waals surface area contributed by atoms with Crippen molar-refractivity contribution in [1.82, 2.24) is 0 Å². The molecule has 0 fully saturated rings. The van der Waals surface area contributed by atoms with Gasteiger partial charge in [-0.05, 0) is 6.42 Å². The van der Waals surface area contributed by atoms with E-state index in [1.165, 1.54) is 6.66 Å². The van der Waals surface area contributed by atoms with Crippen molar-refractivity contribution in [3.63, 3.8) is 0 Å². The van der Waals surface area contributed by atoms with E-state index in [-0.39, 0.29) is 25.1 Å². The smallest absolute Gasteiger partial charge is 0.320 e. The molecule has 14 heavy (non-hydrogen) atoms. The molecule has 0 saturated heterocycles. The number of halogens is 1. The number of carboxylic acid groups (broad SMARTS) is 1. The molecule has 7 heteroatoms. The van der Waals surface area contributed by atoms with E-state index in [1.54, 1.807) is 0 Å². The van der Waals surface area contributed by atoms with Crippen molar-refractivity contribution < 1.29 is 19.0 Å². The Kier molecular flexibility index (Phi) is 6.36. The summed E-state index contributed by atoms with van der Waals surface area (Å²) in [5.74, 6) is -0.828. The van der Waals surface area contributed by atoms with E-state index < -0.39 is 19.4 Å². The van der Waals surface area contributed by atoms with Gasteiger partial charge in [-0.3, -0.25) is 9.36 Å². The number of nitrogens with two attached hydrogens (primary N) is 1. The molecule has 0 saturated carbocycles. The molecule has 3 N–H and O–H groups in total. The van der Waals surface area contributed by atoms with E-state index in [0.29, 0.717) is 0 Å². The topological polar surface area (TPSA) is 89.6 Å². The van der Waals surface area contributed by atoms with Gasteiger partial charge in [0.1, 0.15) is 6.04 Å². The van der Waals surface area contributed by atoms with E-state index in [0.717, 1.165) is 0 Å². The zero-order chi connectivity index (χ0) is 11.2. The van der Waals surface area contributed by atoms with Crippen LogP contribution in [-0.2, 0) is 13.9 Å². The fourth-order valence-electron chi connectivity index (χ4n) is 0.789. The van der Waals surface area contributed by atoms with Gasteiger partial charge in [-0.1, -0.05) is 0 Å². The first kappa shape index (κ1) is 13.9. The molecule has 0 aliphatic heterocycles. The highest BCUT2D eigenvalue weighted by Gasteiger charge is 2.20. The van der Waals surface area contributed by atoms with Crippen LogP contribution in [0.4, 0.5) is 0 Å². The van der Waals surface area contributed by atoms with Crippen LogP contribution in [0.1, 0.15) is 6.42 Å². The minimum Gasteiger partial charge on any atom is -0.480 e. The molecule has 0 aromatic rings. The molecule has 0 aliphatic carbocycles. The van der Waals surface area contributed by atoms with Crippen molar-refractivity contribution in [2.45, 2.75) is 12.5 Å². The van der Waals surface area contributed by atoms with Gasteiger partial charge in [0.15, 0.2) is 7.37 Å². The summed E-state index contributed by atoms with van der Waals surface area (Å²) in [6, 6.07) is -0.983. The monoisotopic (exact) mass is 243 g/mol. The summed E-state index contributed by atoms with van der Waals surface area (Å²) in [6.07, 6.45) is 0.308. The third-order valence-corrected chi connectivity index (χ3v) is 3.56. The SMILES string of the molecule is CP(=O)(CCC(N)C(=O)O)OCCCl. The Labute approximate surface area is 88.0 Å². The van der Waals surface area contributed by atoms with Gasteiger partial charge in [0.2, 0.25) is 0 Å². The lowest BCUT2D eigenvalue weighted by Gasteiger charge is -2.14. The third-order valence-electron chi connectivity index (χ3n) is 1.61. The van der Waals surface area contributed by atoms with Crippen LogP contribution in [0.25, 0.3) is 0 Å². The second kappa shape index (κ2) is 6.40. The van der Waals surface area contributed by atoms with Crippen LogP contribution in [0.3, 0.4) is 0 Å². The summed E-state index contributed by atoms with van der Waals surface area (Å²) < 4.78 is 16.6. The molecule has 5 nitrogen and oxygen atoms in total. The molecule has 84 valence electrons. The highest BCUT2D eigenvalue weighted by molar-refractivity contribution is 7.58. The van der Waals surface area contributed by atoms with E-state index in [9.17, 15) is 9.36 Å². The molecule has 0 heterocycles. The first-order valence-corrected chi connectivity index (χ1v) is 6.93. The first-order chi connectivity index (χ1) is 6.39. The zero-order valence-corrected chi connectivity index (χ0v) is 9.63. The van der Waals surface area contributed by atoms with Crippen LogP contribution in [0.2, 0.25) is 0 Å². The molecule has 0 amide bonds. The molecule has 2 atom stereocenters. The standard InChI is InChI=1S/C7H15ClNO4P/c1-14(12,13-4-3-8)5-2-6(9)7(10)11/h6H,2-5,9H2,1H3,(H,10,11). The van der Waals surface area contributed by atoms with Crippen molar-refractivity contribution in [2.24, 2.45) is 5.73 Å². The lowest BCUT2D eigenvalue weighted by molar-refractivity contribution is -0.138. The Bertz CT molecular complexity index is 236. The quantitative estimate of drug-likeness (QED) is 0.513. The maximum atomic E-state index is 11.6. The van der Waals surface area contributed by atoms with Crippen molar-refractivity contribution in [1.29, 1.82) is 0 Å². The van der Waals surface area contributed by atoms with Gasteiger partial charge in [-0.15, -0.1) is 11.6 Å². The second-order valence-electron chi connectivity index (χ2n) is 2.99. The lowest BCUT2D eigenvalue weighted by Crippen LogP contribution is -2.30. The summed E-state index contributed by atoms with van der Waals surface area (Å²) in [7, 11) is -2.73. The molecule has 2 unspecified atom stereocenters. The van der Waals surface area contributed by atoms with Crippen LogP contribution in [0.5, 0.6) is 0 Å². The summed E-state index contributed by atoms with van der Waals surface area (Å²) in [5.41, 5.74) is 5.25.